The quantitative estimate of drug-likeness (QED) is 0.681. The van der Waals surface area contributed by atoms with Gasteiger partial charge in [-0.05, 0) is 62.6 Å². The molecule has 6 nitrogen and oxygen atoms in total. The summed E-state index contributed by atoms with van der Waals surface area (Å²) in [4.78, 5) is 19.2. The highest BCUT2D eigenvalue weighted by Crippen LogP contribution is 2.28. The van der Waals surface area contributed by atoms with E-state index in [4.69, 9.17) is 4.52 Å². The molecule has 0 aliphatic carbocycles. The fourth-order valence-electron chi connectivity index (χ4n) is 3.83. The number of hydrogen-bond acceptors (Lipinski definition) is 5. The maximum atomic E-state index is 13.5. The molecular weight excluding hydrogens is 383 g/mol. The van der Waals surface area contributed by atoms with E-state index in [0.717, 1.165) is 36.2 Å². The highest BCUT2D eigenvalue weighted by Gasteiger charge is 2.27. The van der Waals surface area contributed by atoms with Crippen molar-refractivity contribution in [1.29, 1.82) is 0 Å². The predicted molar refractivity (Wildman–Crippen MR) is 113 cm³/mol. The minimum absolute atomic E-state index is 0.0321. The van der Waals surface area contributed by atoms with E-state index >= 15 is 0 Å². The molecule has 0 radical (unpaired) electrons. The Bertz CT molecular complexity index is 1050. The van der Waals surface area contributed by atoms with Crippen molar-refractivity contribution < 1.29 is 13.7 Å². The molecule has 3 aromatic rings. The van der Waals surface area contributed by atoms with Gasteiger partial charge in [0.05, 0.1) is 12.5 Å². The van der Waals surface area contributed by atoms with E-state index < -0.39 is 0 Å². The van der Waals surface area contributed by atoms with Gasteiger partial charge in [0.1, 0.15) is 5.82 Å². The maximum absolute atomic E-state index is 13.5. The third-order valence-corrected chi connectivity index (χ3v) is 5.63. The average Bonchev–Trinajstić information content (AvgIpc) is 3.22. The van der Waals surface area contributed by atoms with Gasteiger partial charge in [-0.2, -0.15) is 4.98 Å². The van der Waals surface area contributed by atoms with Gasteiger partial charge < -0.3 is 9.84 Å². The summed E-state index contributed by atoms with van der Waals surface area (Å²) in [5, 5.41) is 7.03. The number of nitrogens with one attached hydrogen (secondary N) is 1. The van der Waals surface area contributed by atoms with E-state index in [2.05, 4.69) is 20.4 Å². The number of carbonyl (C=O) groups is 1. The second kappa shape index (κ2) is 8.75. The van der Waals surface area contributed by atoms with Gasteiger partial charge in [-0.1, -0.05) is 29.4 Å². The molecule has 1 aromatic heterocycles. The van der Waals surface area contributed by atoms with Crippen molar-refractivity contribution in [3.63, 3.8) is 0 Å². The molecule has 1 aliphatic rings. The third kappa shape index (κ3) is 4.57. The first-order valence-corrected chi connectivity index (χ1v) is 10.2. The normalized spacial score (nSPS) is 17.1. The number of carbonyl (C=O) groups excluding carboxylic acids is 1. The van der Waals surface area contributed by atoms with Crippen LogP contribution in [0.2, 0.25) is 0 Å². The van der Waals surface area contributed by atoms with E-state index in [1.54, 1.807) is 12.1 Å². The lowest BCUT2D eigenvalue weighted by Crippen LogP contribution is -2.39. The minimum Gasteiger partial charge on any atom is -0.339 e. The summed E-state index contributed by atoms with van der Waals surface area (Å²) < 4.78 is 18.9. The van der Waals surface area contributed by atoms with Gasteiger partial charge in [-0.25, -0.2) is 4.39 Å². The maximum Gasteiger partial charge on any atom is 0.238 e. The molecule has 1 N–H and O–H groups in total. The number of piperidine rings is 1. The fourth-order valence-corrected chi connectivity index (χ4v) is 3.83. The smallest absolute Gasteiger partial charge is 0.238 e. The summed E-state index contributed by atoms with van der Waals surface area (Å²) in [5.74, 6) is 0.609. The van der Waals surface area contributed by atoms with Crippen LogP contribution < -0.4 is 5.32 Å². The van der Waals surface area contributed by atoms with Gasteiger partial charge in [0.15, 0.2) is 0 Å². The molecule has 4 rings (SSSR count). The van der Waals surface area contributed by atoms with Crippen LogP contribution in [0.1, 0.15) is 35.8 Å². The highest BCUT2D eigenvalue weighted by atomic mass is 19.1. The van der Waals surface area contributed by atoms with Gasteiger partial charge in [0, 0.05) is 17.8 Å². The van der Waals surface area contributed by atoms with Crippen LogP contribution in [0.25, 0.3) is 11.4 Å². The highest BCUT2D eigenvalue weighted by molar-refractivity contribution is 5.93. The van der Waals surface area contributed by atoms with Crippen molar-refractivity contribution in [3.8, 4) is 11.4 Å². The molecule has 0 bridgehead atoms. The Balaban J connectivity index is 1.39. The van der Waals surface area contributed by atoms with E-state index in [1.165, 1.54) is 12.1 Å². The van der Waals surface area contributed by atoms with E-state index in [-0.39, 0.29) is 17.6 Å². The van der Waals surface area contributed by atoms with Crippen molar-refractivity contribution in [2.24, 2.45) is 0 Å². The number of benzene rings is 2. The SMILES string of the molecule is Cc1cccc(NC(=O)CN2CCCC(c3nc(-c4cccc(F)c4)no3)C2)c1C. The summed E-state index contributed by atoms with van der Waals surface area (Å²) in [6.45, 7) is 5.87. The van der Waals surface area contributed by atoms with Gasteiger partial charge in [0.2, 0.25) is 17.6 Å². The zero-order valence-electron chi connectivity index (χ0n) is 17.2. The molecule has 1 fully saturated rings. The first-order chi connectivity index (χ1) is 14.5. The van der Waals surface area contributed by atoms with Crippen molar-refractivity contribution in [1.82, 2.24) is 15.0 Å². The molecule has 156 valence electrons. The lowest BCUT2D eigenvalue weighted by Gasteiger charge is -2.30. The Morgan fingerprint density at radius 2 is 2.10 bits per heavy atom. The molecule has 1 aliphatic heterocycles. The number of aryl methyl sites for hydroxylation is 1. The molecule has 30 heavy (non-hydrogen) atoms. The molecule has 0 saturated carbocycles. The zero-order chi connectivity index (χ0) is 21.1. The van der Waals surface area contributed by atoms with Gasteiger partial charge in [-0.15, -0.1) is 0 Å². The van der Waals surface area contributed by atoms with Crippen LogP contribution in [0.5, 0.6) is 0 Å². The largest absolute Gasteiger partial charge is 0.339 e. The number of hydrogen-bond donors (Lipinski definition) is 1. The Hall–Kier alpha value is -3.06. The Morgan fingerprint density at radius 3 is 2.93 bits per heavy atom. The standard InChI is InChI=1S/C23H25FN4O2/c1-15-6-3-10-20(16(15)2)25-21(29)14-28-11-5-8-18(13-28)23-26-22(27-30-23)17-7-4-9-19(24)12-17/h3-4,6-7,9-10,12,18H,5,8,11,13-14H2,1-2H3,(H,25,29). The van der Waals surface area contributed by atoms with Crippen LogP contribution in [0, 0.1) is 19.7 Å². The van der Waals surface area contributed by atoms with Crippen molar-refractivity contribution in [3.05, 3.63) is 65.3 Å². The first-order valence-electron chi connectivity index (χ1n) is 10.2. The Kier molecular flexibility index (Phi) is 5.90. The summed E-state index contributed by atoms with van der Waals surface area (Å²) in [5.41, 5.74) is 3.67. The van der Waals surface area contributed by atoms with Crippen LogP contribution in [0.3, 0.4) is 0 Å². The van der Waals surface area contributed by atoms with E-state index in [1.807, 2.05) is 32.0 Å². The third-order valence-electron chi connectivity index (χ3n) is 5.63. The molecule has 1 atom stereocenters. The van der Waals surface area contributed by atoms with Crippen molar-refractivity contribution in [2.75, 3.05) is 25.0 Å². The fraction of sp³-hybridized carbons (Fsp3) is 0.348. The number of rotatable bonds is 5. The Labute approximate surface area is 175 Å². The average molecular weight is 408 g/mol. The monoisotopic (exact) mass is 408 g/mol. The molecule has 1 amide bonds. The van der Waals surface area contributed by atoms with Crippen molar-refractivity contribution in [2.45, 2.75) is 32.6 Å². The molecule has 0 spiro atoms. The van der Waals surface area contributed by atoms with Gasteiger partial charge in [0.25, 0.3) is 0 Å². The molecule has 2 heterocycles. The van der Waals surface area contributed by atoms with Crippen molar-refractivity contribution >= 4 is 11.6 Å². The Morgan fingerprint density at radius 1 is 1.27 bits per heavy atom. The van der Waals surface area contributed by atoms with E-state index in [0.29, 0.717) is 30.4 Å². The number of nitrogens with zero attached hydrogens (tertiary/aromatic N) is 3. The van der Waals surface area contributed by atoms with Crippen LogP contribution in [0.4, 0.5) is 10.1 Å². The first kappa shape index (κ1) is 20.2. The lowest BCUT2D eigenvalue weighted by atomic mass is 9.98. The number of likely N-dealkylation sites (tertiary alicyclic amines) is 1. The molecule has 7 heteroatoms. The lowest BCUT2D eigenvalue weighted by molar-refractivity contribution is -0.117. The van der Waals surface area contributed by atoms with Gasteiger partial charge in [-0.3, -0.25) is 9.69 Å². The molecular formula is C23H25FN4O2. The number of anilines is 1. The van der Waals surface area contributed by atoms with E-state index in [9.17, 15) is 9.18 Å². The molecule has 1 unspecified atom stereocenters. The topological polar surface area (TPSA) is 71.3 Å². The molecule has 2 aromatic carbocycles. The summed E-state index contributed by atoms with van der Waals surface area (Å²) >= 11 is 0. The minimum atomic E-state index is -0.336. The predicted octanol–water partition coefficient (Wildman–Crippen LogP) is 4.31. The number of aromatic nitrogens is 2. The summed E-state index contributed by atoms with van der Waals surface area (Å²) in [7, 11) is 0. The second-order valence-corrected chi connectivity index (χ2v) is 7.84. The summed E-state index contributed by atoms with van der Waals surface area (Å²) in [6, 6.07) is 12.0. The van der Waals surface area contributed by atoms with Crippen LogP contribution in [-0.2, 0) is 4.79 Å². The number of amides is 1. The second-order valence-electron chi connectivity index (χ2n) is 7.84. The molecule has 1 saturated heterocycles. The van der Waals surface area contributed by atoms with Gasteiger partial charge >= 0.3 is 0 Å². The van der Waals surface area contributed by atoms with Crippen LogP contribution >= 0.6 is 0 Å². The zero-order valence-corrected chi connectivity index (χ0v) is 17.2. The van der Waals surface area contributed by atoms with Crippen LogP contribution in [-0.4, -0.2) is 40.6 Å². The summed E-state index contributed by atoms with van der Waals surface area (Å²) in [6.07, 6.45) is 1.86. The number of halogens is 1. The van der Waals surface area contributed by atoms with Crippen LogP contribution in [0.15, 0.2) is 47.0 Å².